The van der Waals surface area contributed by atoms with E-state index in [-0.39, 0.29) is 23.5 Å². The molecule has 0 aliphatic carbocycles. The molecule has 1 atom stereocenters. The molecule has 0 saturated carbocycles. The van der Waals surface area contributed by atoms with Gasteiger partial charge >= 0.3 is 6.03 Å². The SMILES string of the molecule is CCO[C@H]1CCCN(C(=O)Nc2cc(F)c(N3CCCC3)c(F)c2)C1. The van der Waals surface area contributed by atoms with Gasteiger partial charge in [0.1, 0.15) is 5.69 Å². The molecule has 5 nitrogen and oxygen atoms in total. The Morgan fingerprint density at radius 2 is 1.88 bits per heavy atom. The summed E-state index contributed by atoms with van der Waals surface area (Å²) in [7, 11) is 0. The van der Waals surface area contributed by atoms with Gasteiger partial charge in [-0.05, 0) is 44.7 Å². The third-order valence-electron chi connectivity index (χ3n) is 4.76. The van der Waals surface area contributed by atoms with Crippen LogP contribution < -0.4 is 10.2 Å². The Hall–Kier alpha value is -1.89. The number of anilines is 2. The van der Waals surface area contributed by atoms with Crippen molar-refractivity contribution in [3.63, 3.8) is 0 Å². The van der Waals surface area contributed by atoms with E-state index in [1.165, 1.54) is 12.1 Å². The third-order valence-corrected chi connectivity index (χ3v) is 4.76. The first-order valence-electron chi connectivity index (χ1n) is 9.00. The lowest BCUT2D eigenvalue weighted by molar-refractivity contribution is 0.0181. The van der Waals surface area contributed by atoms with Crippen LogP contribution in [0.4, 0.5) is 25.0 Å². The summed E-state index contributed by atoms with van der Waals surface area (Å²) in [5.74, 6) is -1.27. The van der Waals surface area contributed by atoms with Gasteiger partial charge in [0, 0.05) is 38.5 Å². The van der Waals surface area contributed by atoms with Crippen molar-refractivity contribution in [2.45, 2.75) is 38.7 Å². The molecule has 3 rings (SSSR count). The summed E-state index contributed by atoms with van der Waals surface area (Å²) in [6, 6.07) is 2.04. The van der Waals surface area contributed by atoms with E-state index in [1.807, 2.05) is 6.92 Å². The fourth-order valence-corrected chi connectivity index (χ4v) is 3.58. The molecule has 1 aromatic rings. The van der Waals surface area contributed by atoms with E-state index in [2.05, 4.69) is 5.32 Å². The minimum absolute atomic E-state index is 0.00452. The maximum atomic E-state index is 14.4. The van der Waals surface area contributed by atoms with E-state index >= 15 is 0 Å². The van der Waals surface area contributed by atoms with Gasteiger partial charge in [-0.2, -0.15) is 0 Å². The van der Waals surface area contributed by atoms with Crippen molar-refractivity contribution in [2.24, 2.45) is 0 Å². The van der Waals surface area contributed by atoms with Gasteiger partial charge in [0.25, 0.3) is 0 Å². The number of urea groups is 1. The molecule has 2 aliphatic rings. The Morgan fingerprint density at radius 3 is 2.52 bits per heavy atom. The van der Waals surface area contributed by atoms with Gasteiger partial charge < -0.3 is 19.9 Å². The van der Waals surface area contributed by atoms with Crippen molar-refractivity contribution in [2.75, 3.05) is 43.0 Å². The van der Waals surface area contributed by atoms with Crippen LogP contribution in [0.1, 0.15) is 32.6 Å². The van der Waals surface area contributed by atoms with Crippen molar-refractivity contribution in [1.29, 1.82) is 0 Å². The zero-order chi connectivity index (χ0) is 17.8. The monoisotopic (exact) mass is 353 g/mol. The average molecular weight is 353 g/mol. The van der Waals surface area contributed by atoms with E-state index in [9.17, 15) is 13.6 Å². The number of ether oxygens (including phenoxy) is 1. The molecule has 25 heavy (non-hydrogen) atoms. The highest BCUT2D eigenvalue weighted by molar-refractivity contribution is 5.89. The number of likely N-dealkylation sites (tertiary alicyclic amines) is 1. The maximum Gasteiger partial charge on any atom is 0.321 e. The Morgan fingerprint density at radius 1 is 1.20 bits per heavy atom. The number of amides is 2. The Balaban J connectivity index is 1.67. The number of halogens is 2. The summed E-state index contributed by atoms with van der Waals surface area (Å²) >= 11 is 0. The van der Waals surface area contributed by atoms with E-state index < -0.39 is 11.6 Å². The molecule has 0 spiro atoms. The topological polar surface area (TPSA) is 44.8 Å². The number of carbonyl (C=O) groups excluding carboxylic acids is 1. The standard InChI is InChI=1S/C18H25F2N3O2/c1-2-25-14-6-5-9-23(12-14)18(24)21-13-10-15(19)17(16(20)11-13)22-7-3-4-8-22/h10-11,14H,2-9,12H2,1H3,(H,21,24)/t14-/m0/s1. The highest BCUT2D eigenvalue weighted by atomic mass is 19.1. The largest absolute Gasteiger partial charge is 0.377 e. The molecule has 2 aliphatic heterocycles. The summed E-state index contributed by atoms with van der Waals surface area (Å²) in [4.78, 5) is 15.7. The second kappa shape index (κ2) is 7.99. The van der Waals surface area contributed by atoms with Gasteiger partial charge in [-0.15, -0.1) is 0 Å². The second-order valence-corrected chi connectivity index (χ2v) is 6.58. The van der Waals surface area contributed by atoms with Gasteiger partial charge in [0.2, 0.25) is 0 Å². The number of piperidine rings is 1. The van der Waals surface area contributed by atoms with Gasteiger partial charge in [0.05, 0.1) is 6.10 Å². The molecule has 2 heterocycles. The minimum Gasteiger partial charge on any atom is -0.377 e. The smallest absolute Gasteiger partial charge is 0.321 e. The lowest BCUT2D eigenvalue weighted by Gasteiger charge is -2.32. The first-order valence-corrected chi connectivity index (χ1v) is 9.00. The Bertz CT molecular complexity index is 595. The normalized spacial score (nSPS) is 20.8. The second-order valence-electron chi connectivity index (χ2n) is 6.58. The molecule has 7 heteroatoms. The van der Waals surface area contributed by atoms with Gasteiger partial charge in [-0.3, -0.25) is 0 Å². The van der Waals surface area contributed by atoms with E-state index in [1.54, 1.807) is 9.80 Å². The van der Waals surface area contributed by atoms with Crippen LogP contribution in [-0.4, -0.2) is 49.8 Å². The van der Waals surface area contributed by atoms with Gasteiger partial charge in [0.15, 0.2) is 11.6 Å². The van der Waals surface area contributed by atoms with Crippen LogP contribution in [0.3, 0.4) is 0 Å². The molecular weight excluding hydrogens is 328 g/mol. The average Bonchev–Trinajstić information content (AvgIpc) is 3.09. The zero-order valence-electron chi connectivity index (χ0n) is 14.6. The van der Waals surface area contributed by atoms with Crippen LogP contribution in [0.2, 0.25) is 0 Å². The van der Waals surface area contributed by atoms with Crippen LogP contribution in [0.15, 0.2) is 12.1 Å². The lowest BCUT2D eigenvalue weighted by atomic mass is 10.1. The molecule has 0 aromatic heterocycles. The number of nitrogens with zero attached hydrogens (tertiary/aromatic N) is 2. The third kappa shape index (κ3) is 4.21. The molecule has 1 aromatic carbocycles. The van der Waals surface area contributed by atoms with Crippen LogP contribution >= 0.6 is 0 Å². The van der Waals surface area contributed by atoms with Crippen molar-refractivity contribution in [3.8, 4) is 0 Å². The van der Waals surface area contributed by atoms with Gasteiger partial charge in [-0.1, -0.05) is 0 Å². The molecule has 0 unspecified atom stereocenters. The Kier molecular flexibility index (Phi) is 5.73. The molecule has 1 N–H and O–H groups in total. The summed E-state index contributed by atoms with van der Waals surface area (Å²) in [5.41, 5.74) is 0.145. The minimum atomic E-state index is -0.636. The van der Waals surface area contributed by atoms with Crippen LogP contribution in [0.25, 0.3) is 0 Å². The summed E-state index contributed by atoms with van der Waals surface area (Å²) in [6.07, 6.45) is 3.68. The fourth-order valence-electron chi connectivity index (χ4n) is 3.58. The number of nitrogens with one attached hydrogen (secondary N) is 1. The van der Waals surface area contributed by atoms with Gasteiger partial charge in [-0.25, -0.2) is 13.6 Å². The molecule has 2 amide bonds. The highest BCUT2D eigenvalue weighted by Gasteiger charge is 2.25. The van der Waals surface area contributed by atoms with Crippen molar-refractivity contribution in [1.82, 2.24) is 4.90 Å². The maximum absolute atomic E-state index is 14.4. The molecule has 2 fully saturated rings. The molecule has 0 radical (unpaired) electrons. The predicted molar refractivity (Wildman–Crippen MR) is 93.0 cm³/mol. The Labute approximate surface area is 146 Å². The van der Waals surface area contributed by atoms with Crippen LogP contribution in [0.5, 0.6) is 0 Å². The lowest BCUT2D eigenvalue weighted by Crippen LogP contribution is -2.45. The van der Waals surface area contributed by atoms with E-state index in [0.717, 1.165) is 25.7 Å². The summed E-state index contributed by atoms with van der Waals surface area (Å²) < 4.78 is 34.3. The molecule has 138 valence electrons. The fraction of sp³-hybridized carbons (Fsp3) is 0.611. The summed E-state index contributed by atoms with van der Waals surface area (Å²) in [6.45, 7) is 4.96. The van der Waals surface area contributed by atoms with E-state index in [4.69, 9.17) is 4.74 Å². The number of benzene rings is 1. The van der Waals surface area contributed by atoms with Crippen LogP contribution in [0, 0.1) is 11.6 Å². The number of hydrogen-bond acceptors (Lipinski definition) is 3. The summed E-state index contributed by atoms with van der Waals surface area (Å²) in [5, 5.41) is 2.61. The quantitative estimate of drug-likeness (QED) is 0.900. The molecule has 2 saturated heterocycles. The van der Waals surface area contributed by atoms with Crippen molar-refractivity contribution in [3.05, 3.63) is 23.8 Å². The predicted octanol–water partition coefficient (Wildman–Crippen LogP) is 3.60. The number of hydrogen-bond donors (Lipinski definition) is 1. The first-order chi connectivity index (χ1) is 12.1. The van der Waals surface area contributed by atoms with E-state index in [0.29, 0.717) is 32.8 Å². The number of rotatable bonds is 4. The highest BCUT2D eigenvalue weighted by Crippen LogP contribution is 2.30. The molecule has 0 bridgehead atoms. The first kappa shape index (κ1) is 17.9. The number of carbonyl (C=O) groups is 1. The molecular formula is C18H25F2N3O2. The van der Waals surface area contributed by atoms with Crippen LogP contribution in [-0.2, 0) is 4.74 Å². The van der Waals surface area contributed by atoms with Crippen molar-refractivity contribution < 1.29 is 18.3 Å². The zero-order valence-corrected chi connectivity index (χ0v) is 14.6. The van der Waals surface area contributed by atoms with Crippen molar-refractivity contribution >= 4 is 17.4 Å².